The van der Waals surface area contributed by atoms with Gasteiger partial charge in [-0.15, -0.1) is 0 Å². The highest BCUT2D eigenvalue weighted by atomic mass is 79.9. The third-order valence-corrected chi connectivity index (χ3v) is 3.11. The van der Waals surface area contributed by atoms with E-state index < -0.39 is 0 Å². The molecule has 70 valence electrons. The van der Waals surface area contributed by atoms with Crippen molar-refractivity contribution in [1.82, 2.24) is 5.32 Å². The van der Waals surface area contributed by atoms with Crippen LogP contribution < -0.4 is 5.32 Å². The first-order valence-corrected chi connectivity index (χ1v) is 5.53. The molecule has 0 radical (unpaired) electrons. The van der Waals surface area contributed by atoms with E-state index >= 15 is 0 Å². The normalized spacial score (nSPS) is 16.2. The van der Waals surface area contributed by atoms with Crippen LogP contribution in [0.25, 0.3) is 0 Å². The smallest absolute Gasteiger partial charge is 0.0222 e. The maximum Gasteiger partial charge on any atom is 0.0222 e. The van der Waals surface area contributed by atoms with Crippen molar-refractivity contribution in [3.63, 3.8) is 0 Å². The molecule has 1 aliphatic carbocycles. The molecule has 0 unspecified atom stereocenters. The van der Waals surface area contributed by atoms with Gasteiger partial charge in [0.15, 0.2) is 0 Å². The third kappa shape index (κ3) is 2.55. The Kier molecular flexibility index (Phi) is 2.70. The van der Waals surface area contributed by atoms with Crippen molar-refractivity contribution in [2.45, 2.75) is 32.4 Å². The summed E-state index contributed by atoms with van der Waals surface area (Å²) in [5, 5.41) is 3.50. The lowest BCUT2D eigenvalue weighted by Gasteiger charge is -2.06. The third-order valence-electron chi connectivity index (χ3n) is 2.37. The van der Waals surface area contributed by atoms with E-state index in [9.17, 15) is 0 Å². The lowest BCUT2D eigenvalue weighted by atomic mass is 10.1. The zero-order chi connectivity index (χ0) is 9.26. The molecule has 1 aliphatic rings. The highest BCUT2D eigenvalue weighted by Crippen LogP contribution is 2.22. The summed E-state index contributed by atoms with van der Waals surface area (Å²) < 4.78 is 1.22. The average Bonchev–Trinajstić information content (AvgIpc) is 2.86. The predicted molar refractivity (Wildman–Crippen MR) is 58.7 cm³/mol. The van der Waals surface area contributed by atoms with Crippen LogP contribution >= 0.6 is 15.9 Å². The van der Waals surface area contributed by atoms with Gasteiger partial charge in [0.2, 0.25) is 0 Å². The molecule has 0 saturated heterocycles. The summed E-state index contributed by atoms with van der Waals surface area (Å²) in [5.41, 5.74) is 2.67. The highest BCUT2D eigenvalue weighted by Gasteiger charge is 2.20. The van der Waals surface area contributed by atoms with Gasteiger partial charge in [-0.05, 0) is 37.0 Å². The van der Waals surface area contributed by atoms with Crippen molar-refractivity contribution >= 4 is 15.9 Å². The second kappa shape index (κ2) is 3.81. The molecule has 2 rings (SSSR count). The monoisotopic (exact) mass is 239 g/mol. The molecule has 0 aliphatic heterocycles. The van der Waals surface area contributed by atoms with Crippen molar-refractivity contribution in [3.05, 3.63) is 33.8 Å². The fourth-order valence-corrected chi connectivity index (χ4v) is 1.97. The number of hydrogen-bond acceptors (Lipinski definition) is 1. The molecule has 1 N–H and O–H groups in total. The largest absolute Gasteiger partial charge is 0.310 e. The van der Waals surface area contributed by atoms with Crippen LogP contribution in [0.1, 0.15) is 24.0 Å². The molecular formula is C11H14BrN. The molecule has 1 fully saturated rings. The van der Waals surface area contributed by atoms with E-state index in [2.05, 4.69) is 46.4 Å². The Bertz CT molecular complexity index is 305. The fourth-order valence-electron chi connectivity index (χ4n) is 1.34. The minimum absolute atomic E-state index is 0.785. The SMILES string of the molecule is Cc1ccc(CNC2CC2)c(Br)c1. The molecule has 0 atom stereocenters. The van der Waals surface area contributed by atoms with Crippen LogP contribution in [0.15, 0.2) is 22.7 Å². The highest BCUT2D eigenvalue weighted by molar-refractivity contribution is 9.10. The van der Waals surface area contributed by atoms with Crippen molar-refractivity contribution in [1.29, 1.82) is 0 Å². The molecule has 0 aromatic heterocycles. The van der Waals surface area contributed by atoms with E-state index in [0.29, 0.717) is 0 Å². The van der Waals surface area contributed by atoms with Crippen molar-refractivity contribution in [2.75, 3.05) is 0 Å². The molecule has 1 aromatic carbocycles. The number of hydrogen-bond donors (Lipinski definition) is 1. The Balaban J connectivity index is 2.01. The lowest BCUT2D eigenvalue weighted by Crippen LogP contribution is -2.15. The maximum atomic E-state index is 3.58. The summed E-state index contributed by atoms with van der Waals surface area (Å²) in [6.07, 6.45) is 2.70. The molecule has 0 bridgehead atoms. The summed E-state index contributed by atoms with van der Waals surface area (Å²) in [6.45, 7) is 3.11. The number of nitrogens with one attached hydrogen (secondary N) is 1. The first-order valence-electron chi connectivity index (χ1n) is 4.74. The standard InChI is InChI=1S/C11H14BrN/c1-8-2-3-9(11(12)6-8)7-13-10-4-5-10/h2-3,6,10,13H,4-5,7H2,1H3. The van der Waals surface area contributed by atoms with Gasteiger partial charge in [-0.25, -0.2) is 0 Å². The van der Waals surface area contributed by atoms with E-state index in [1.807, 2.05) is 0 Å². The summed E-state index contributed by atoms with van der Waals surface area (Å²) >= 11 is 3.58. The summed E-state index contributed by atoms with van der Waals surface area (Å²) in [7, 11) is 0. The molecule has 0 amide bonds. The second-order valence-corrected chi connectivity index (χ2v) is 4.60. The Morgan fingerprint density at radius 3 is 2.85 bits per heavy atom. The minimum atomic E-state index is 0.785. The van der Waals surface area contributed by atoms with Crippen LogP contribution in [0.5, 0.6) is 0 Å². The van der Waals surface area contributed by atoms with E-state index in [1.165, 1.54) is 28.4 Å². The zero-order valence-corrected chi connectivity index (χ0v) is 9.39. The van der Waals surface area contributed by atoms with Gasteiger partial charge in [-0.1, -0.05) is 28.1 Å². The van der Waals surface area contributed by atoms with Gasteiger partial charge in [0, 0.05) is 17.1 Å². The Labute approximate surface area is 87.7 Å². The molecule has 2 heteroatoms. The van der Waals surface area contributed by atoms with Crippen LogP contribution in [-0.2, 0) is 6.54 Å². The summed E-state index contributed by atoms with van der Waals surface area (Å²) in [4.78, 5) is 0. The minimum Gasteiger partial charge on any atom is -0.310 e. The number of rotatable bonds is 3. The second-order valence-electron chi connectivity index (χ2n) is 3.75. The number of benzene rings is 1. The van der Waals surface area contributed by atoms with Gasteiger partial charge in [0.05, 0.1) is 0 Å². The fraction of sp³-hybridized carbons (Fsp3) is 0.455. The first kappa shape index (κ1) is 9.22. The van der Waals surface area contributed by atoms with Crippen LogP contribution in [0.4, 0.5) is 0 Å². The Hall–Kier alpha value is -0.340. The molecule has 0 spiro atoms. The number of halogens is 1. The summed E-state index contributed by atoms with van der Waals surface area (Å²) in [6, 6.07) is 7.31. The molecule has 1 saturated carbocycles. The van der Waals surface area contributed by atoms with E-state index in [1.54, 1.807) is 0 Å². The molecule has 1 nitrogen and oxygen atoms in total. The molecular weight excluding hydrogens is 226 g/mol. The van der Waals surface area contributed by atoms with Gasteiger partial charge < -0.3 is 5.32 Å². The van der Waals surface area contributed by atoms with E-state index in [0.717, 1.165) is 12.6 Å². The van der Waals surface area contributed by atoms with Crippen LogP contribution in [0.3, 0.4) is 0 Å². The zero-order valence-electron chi connectivity index (χ0n) is 7.81. The van der Waals surface area contributed by atoms with Gasteiger partial charge >= 0.3 is 0 Å². The molecule has 1 aromatic rings. The van der Waals surface area contributed by atoms with Gasteiger partial charge in [-0.2, -0.15) is 0 Å². The summed E-state index contributed by atoms with van der Waals surface area (Å²) in [5.74, 6) is 0. The van der Waals surface area contributed by atoms with E-state index in [-0.39, 0.29) is 0 Å². The van der Waals surface area contributed by atoms with Gasteiger partial charge in [0.25, 0.3) is 0 Å². The van der Waals surface area contributed by atoms with Crippen molar-refractivity contribution in [2.24, 2.45) is 0 Å². The van der Waals surface area contributed by atoms with Crippen molar-refractivity contribution < 1.29 is 0 Å². The Morgan fingerprint density at radius 1 is 1.46 bits per heavy atom. The van der Waals surface area contributed by atoms with Crippen LogP contribution in [-0.4, -0.2) is 6.04 Å². The molecule has 13 heavy (non-hydrogen) atoms. The topological polar surface area (TPSA) is 12.0 Å². The van der Waals surface area contributed by atoms with Crippen LogP contribution in [0.2, 0.25) is 0 Å². The molecule has 0 heterocycles. The van der Waals surface area contributed by atoms with Crippen molar-refractivity contribution in [3.8, 4) is 0 Å². The van der Waals surface area contributed by atoms with Gasteiger partial charge in [-0.3, -0.25) is 0 Å². The first-order chi connectivity index (χ1) is 6.25. The quantitative estimate of drug-likeness (QED) is 0.856. The van der Waals surface area contributed by atoms with Gasteiger partial charge in [0.1, 0.15) is 0 Å². The van der Waals surface area contributed by atoms with E-state index in [4.69, 9.17) is 0 Å². The predicted octanol–water partition coefficient (Wildman–Crippen LogP) is 3.01. The lowest BCUT2D eigenvalue weighted by molar-refractivity contribution is 0.686. The Morgan fingerprint density at radius 2 is 2.23 bits per heavy atom. The van der Waals surface area contributed by atoms with Crippen LogP contribution in [0, 0.1) is 6.92 Å². The average molecular weight is 240 g/mol. The number of aryl methyl sites for hydroxylation is 1. The maximum absolute atomic E-state index is 3.58.